The summed E-state index contributed by atoms with van der Waals surface area (Å²) in [7, 11) is 0. The molecule has 1 atom stereocenters. The van der Waals surface area contributed by atoms with Crippen molar-refractivity contribution in [3.8, 4) is 0 Å². The molecule has 4 aromatic carbocycles. The second-order valence-electron chi connectivity index (χ2n) is 14.4. The zero-order valence-corrected chi connectivity index (χ0v) is 36.2. The standard InChI is InChI=1S/C18H28N2O.C14H11Cl2NO2.C14H22N2O/c1-4-5-12-20-13-7-6-11-16(20)18(21)19-17-14(2)9-8-10-15(17)3;15-10-5-3-6-11(16)14(10)17-12-7-2-1-4-9(12)8-13(18)19;1-5-16(6-2)10-13(17)15-14-11(3)8-7-9-12(14)4/h8-10,16H,4-7,11-13H2,1-3H3,(H,19,21);1-7,17H,8H2,(H,18,19);7-9H,5-6,10H2,1-4H3,(H,15,17). The van der Waals surface area contributed by atoms with E-state index in [1.54, 1.807) is 36.4 Å². The van der Waals surface area contributed by atoms with Crippen molar-refractivity contribution < 1.29 is 19.5 Å². The van der Waals surface area contributed by atoms with Crippen molar-refractivity contribution in [2.75, 3.05) is 48.7 Å². The first-order valence-corrected chi connectivity index (χ1v) is 20.7. The summed E-state index contributed by atoms with van der Waals surface area (Å²) in [5, 5.41) is 19.1. The molecular formula is C46H61Cl2N5O4. The Kier molecular flexibility index (Phi) is 20.1. The minimum absolute atomic E-state index is 0.0457. The number of carbonyl (C=O) groups is 3. The van der Waals surface area contributed by atoms with E-state index < -0.39 is 5.97 Å². The van der Waals surface area contributed by atoms with Crippen molar-refractivity contribution in [1.29, 1.82) is 0 Å². The number of carboxylic acid groups (broad SMARTS) is 1. The van der Waals surface area contributed by atoms with Crippen molar-refractivity contribution in [3.05, 3.63) is 117 Å². The lowest BCUT2D eigenvalue weighted by atomic mass is 10.00. The first kappa shape index (κ1) is 47.0. The molecule has 1 heterocycles. The molecule has 0 aromatic heterocycles. The molecule has 0 aliphatic carbocycles. The monoisotopic (exact) mass is 817 g/mol. The van der Waals surface area contributed by atoms with Gasteiger partial charge in [0.2, 0.25) is 11.8 Å². The molecule has 5 rings (SSSR count). The molecular weight excluding hydrogens is 757 g/mol. The number of nitrogens with one attached hydrogen (secondary N) is 3. The van der Waals surface area contributed by atoms with Gasteiger partial charge in [-0.15, -0.1) is 0 Å². The second-order valence-corrected chi connectivity index (χ2v) is 15.2. The average molecular weight is 819 g/mol. The number of hydrogen-bond acceptors (Lipinski definition) is 6. The molecule has 0 bridgehead atoms. The molecule has 1 saturated heterocycles. The van der Waals surface area contributed by atoms with Crippen LogP contribution in [0.3, 0.4) is 0 Å². The fourth-order valence-electron chi connectivity index (χ4n) is 6.69. The van der Waals surface area contributed by atoms with Gasteiger partial charge in [0.25, 0.3) is 0 Å². The maximum atomic E-state index is 12.7. The van der Waals surface area contributed by atoms with Gasteiger partial charge in [-0.2, -0.15) is 0 Å². The SMILES string of the molecule is CCCCN1CCCCC1C(=O)Nc1c(C)cccc1C.CCN(CC)CC(=O)Nc1c(C)cccc1C.O=C(O)Cc1ccccc1Nc1c(Cl)cccc1Cl. The van der Waals surface area contributed by atoms with Crippen molar-refractivity contribution in [2.24, 2.45) is 0 Å². The van der Waals surface area contributed by atoms with Crippen LogP contribution < -0.4 is 16.0 Å². The summed E-state index contributed by atoms with van der Waals surface area (Å²) in [6, 6.07) is 24.6. The van der Waals surface area contributed by atoms with E-state index in [-0.39, 0.29) is 24.3 Å². The summed E-state index contributed by atoms with van der Waals surface area (Å²) in [5.41, 5.74) is 8.36. The van der Waals surface area contributed by atoms with E-state index in [9.17, 15) is 14.4 Å². The molecule has 308 valence electrons. The zero-order valence-electron chi connectivity index (χ0n) is 34.7. The van der Waals surface area contributed by atoms with Crippen LogP contribution in [0.15, 0.2) is 78.9 Å². The van der Waals surface area contributed by atoms with Gasteiger partial charge in [-0.1, -0.05) is 117 Å². The number of aliphatic carboxylic acids is 1. The number of nitrogens with zero attached hydrogens (tertiary/aromatic N) is 2. The number of likely N-dealkylation sites (N-methyl/N-ethyl adjacent to an activating group) is 1. The van der Waals surface area contributed by atoms with E-state index in [1.807, 2.05) is 44.2 Å². The molecule has 9 nitrogen and oxygen atoms in total. The van der Waals surface area contributed by atoms with Crippen LogP contribution in [0.5, 0.6) is 0 Å². The Hall–Kier alpha value is -4.41. The fourth-order valence-corrected chi connectivity index (χ4v) is 7.18. The Bertz CT molecular complexity index is 1860. The Morgan fingerprint density at radius 3 is 1.82 bits per heavy atom. The normalized spacial score (nSPS) is 13.8. The van der Waals surface area contributed by atoms with Gasteiger partial charge in [0, 0.05) is 17.1 Å². The highest BCUT2D eigenvalue weighted by atomic mass is 35.5. The van der Waals surface area contributed by atoms with Crippen molar-refractivity contribution >= 4 is 63.7 Å². The molecule has 4 N–H and O–H groups in total. The number of halogens is 2. The molecule has 2 amide bonds. The van der Waals surface area contributed by atoms with Gasteiger partial charge in [0.1, 0.15) is 0 Å². The molecule has 1 fully saturated rings. The van der Waals surface area contributed by atoms with Gasteiger partial charge >= 0.3 is 5.97 Å². The smallest absolute Gasteiger partial charge is 0.307 e. The van der Waals surface area contributed by atoms with E-state index in [4.69, 9.17) is 28.3 Å². The van der Waals surface area contributed by atoms with E-state index in [0.717, 1.165) is 72.6 Å². The summed E-state index contributed by atoms with van der Waals surface area (Å²) in [6.45, 7) is 18.8. The number of carbonyl (C=O) groups excluding carboxylic acids is 2. The topological polar surface area (TPSA) is 114 Å². The highest BCUT2D eigenvalue weighted by Crippen LogP contribution is 2.33. The van der Waals surface area contributed by atoms with Crippen LogP contribution in [0.25, 0.3) is 0 Å². The maximum absolute atomic E-state index is 12.7. The molecule has 57 heavy (non-hydrogen) atoms. The largest absolute Gasteiger partial charge is 0.481 e. The Morgan fingerprint density at radius 1 is 0.737 bits per heavy atom. The quantitative estimate of drug-likeness (QED) is 0.100. The lowest BCUT2D eigenvalue weighted by Crippen LogP contribution is -2.47. The van der Waals surface area contributed by atoms with Crippen LogP contribution in [0.4, 0.5) is 22.7 Å². The first-order valence-electron chi connectivity index (χ1n) is 20.0. The van der Waals surface area contributed by atoms with Gasteiger partial charge in [-0.05, 0) is 119 Å². The van der Waals surface area contributed by atoms with Crippen LogP contribution in [0, 0.1) is 27.7 Å². The third kappa shape index (κ3) is 15.1. The Labute approximate surface area is 350 Å². The van der Waals surface area contributed by atoms with Crippen LogP contribution >= 0.6 is 23.2 Å². The number of piperidine rings is 1. The number of anilines is 4. The fraction of sp³-hybridized carbons (Fsp3) is 0.413. The van der Waals surface area contributed by atoms with Crippen molar-refractivity contribution in [3.63, 3.8) is 0 Å². The predicted octanol–water partition coefficient (Wildman–Crippen LogP) is 10.8. The third-order valence-corrected chi connectivity index (χ3v) is 10.7. The van der Waals surface area contributed by atoms with Gasteiger partial charge in [0.05, 0.1) is 34.7 Å². The van der Waals surface area contributed by atoms with E-state index in [1.165, 1.54) is 19.3 Å². The highest BCUT2D eigenvalue weighted by Gasteiger charge is 2.28. The molecule has 0 saturated carbocycles. The molecule has 0 spiro atoms. The van der Waals surface area contributed by atoms with E-state index >= 15 is 0 Å². The number of likely N-dealkylation sites (tertiary alicyclic amines) is 1. The van der Waals surface area contributed by atoms with Gasteiger partial charge in [-0.25, -0.2) is 0 Å². The van der Waals surface area contributed by atoms with Crippen LogP contribution in [-0.2, 0) is 20.8 Å². The summed E-state index contributed by atoms with van der Waals surface area (Å²) in [4.78, 5) is 39.9. The van der Waals surface area contributed by atoms with E-state index in [2.05, 4.69) is 72.5 Å². The molecule has 1 unspecified atom stereocenters. The third-order valence-electron chi connectivity index (χ3n) is 10.0. The molecule has 4 aromatic rings. The van der Waals surface area contributed by atoms with Gasteiger partial charge in [0.15, 0.2) is 0 Å². The summed E-state index contributed by atoms with van der Waals surface area (Å²) < 4.78 is 0. The van der Waals surface area contributed by atoms with Crippen molar-refractivity contribution in [1.82, 2.24) is 9.80 Å². The maximum Gasteiger partial charge on any atom is 0.307 e. The number of benzene rings is 4. The Morgan fingerprint density at radius 2 is 1.28 bits per heavy atom. The van der Waals surface area contributed by atoms with Crippen molar-refractivity contribution in [2.45, 2.75) is 93.0 Å². The molecule has 11 heteroatoms. The van der Waals surface area contributed by atoms with Gasteiger partial charge < -0.3 is 21.1 Å². The number of hydrogen-bond donors (Lipinski definition) is 4. The van der Waals surface area contributed by atoms with Crippen LogP contribution in [0.2, 0.25) is 10.0 Å². The molecule has 1 aliphatic rings. The zero-order chi connectivity index (χ0) is 41.9. The minimum Gasteiger partial charge on any atom is -0.481 e. The lowest BCUT2D eigenvalue weighted by molar-refractivity contribution is -0.136. The summed E-state index contributed by atoms with van der Waals surface area (Å²) in [5.74, 6) is -0.659. The van der Waals surface area contributed by atoms with Crippen LogP contribution in [-0.4, -0.2) is 71.5 Å². The average Bonchev–Trinajstić information content (AvgIpc) is 3.18. The van der Waals surface area contributed by atoms with E-state index in [0.29, 0.717) is 33.5 Å². The Balaban J connectivity index is 0.000000230. The number of carboxylic acids is 1. The summed E-state index contributed by atoms with van der Waals surface area (Å²) >= 11 is 12.1. The molecule has 1 aliphatic heterocycles. The number of para-hydroxylation sites is 4. The second kappa shape index (κ2) is 24.4. The number of aryl methyl sites for hydroxylation is 4. The molecule has 0 radical (unpaired) electrons. The number of amides is 2. The highest BCUT2D eigenvalue weighted by molar-refractivity contribution is 6.39. The van der Waals surface area contributed by atoms with Crippen LogP contribution in [0.1, 0.15) is 80.7 Å². The summed E-state index contributed by atoms with van der Waals surface area (Å²) in [6.07, 6.45) is 5.66. The number of unbranched alkanes of at least 4 members (excludes halogenated alkanes) is 1. The van der Waals surface area contributed by atoms with Gasteiger partial charge in [-0.3, -0.25) is 24.2 Å². The first-order chi connectivity index (χ1) is 27.3. The lowest BCUT2D eigenvalue weighted by Gasteiger charge is -2.34. The minimum atomic E-state index is -0.889. The number of rotatable bonds is 14. The predicted molar refractivity (Wildman–Crippen MR) is 239 cm³/mol.